The lowest BCUT2D eigenvalue weighted by atomic mass is 9.83. The average Bonchev–Trinajstić information content (AvgIpc) is 3.36. The number of hydrogen-bond acceptors (Lipinski definition) is 6. The minimum atomic E-state index is -3.29. The van der Waals surface area contributed by atoms with E-state index >= 15 is 0 Å². The summed E-state index contributed by atoms with van der Waals surface area (Å²) in [6.45, 7) is 5.80. The maximum Gasteiger partial charge on any atom is 0.175 e. The number of fused-ring (bicyclic) bond motifs is 1. The number of nitriles is 1. The van der Waals surface area contributed by atoms with Gasteiger partial charge >= 0.3 is 0 Å². The lowest BCUT2D eigenvalue weighted by Crippen LogP contribution is -2.14. The van der Waals surface area contributed by atoms with E-state index in [9.17, 15) is 13.7 Å². The Hall–Kier alpha value is -4.12. The van der Waals surface area contributed by atoms with Gasteiger partial charge in [0.05, 0.1) is 21.9 Å². The molecule has 0 N–H and O–H groups in total. The van der Waals surface area contributed by atoms with Crippen molar-refractivity contribution in [1.29, 1.82) is 5.26 Å². The number of aryl methyl sites for hydroxylation is 1. The molecule has 0 spiro atoms. The minimum absolute atomic E-state index is 0.280. The van der Waals surface area contributed by atoms with Crippen LogP contribution in [0.4, 0.5) is 0 Å². The Morgan fingerprint density at radius 3 is 2.46 bits per heavy atom. The number of aromatic nitrogens is 2. The smallest absolute Gasteiger partial charge is 0.175 e. The van der Waals surface area contributed by atoms with E-state index < -0.39 is 15.3 Å². The van der Waals surface area contributed by atoms with Crippen LogP contribution in [0.25, 0.3) is 33.7 Å². The summed E-state index contributed by atoms with van der Waals surface area (Å²) in [6, 6.07) is 25.6. The quantitative estimate of drug-likeness (QED) is 0.205. The standard InChI is InChI=1S/C32H27N3O2S2/c1-21-19-38-31(35-21)29(23-10-12-27(13-11-23)39(4,36)37)16-22-7-5-8-24(15-22)28-18-26(32(2,3)20-33)17-25-9-6-14-34-30(25)28/h5-19H,1-4H3. The molecule has 2 aromatic heterocycles. The van der Waals surface area contributed by atoms with Crippen LogP contribution in [-0.4, -0.2) is 24.6 Å². The van der Waals surface area contributed by atoms with Crippen LogP contribution in [0.1, 0.15) is 41.2 Å². The lowest BCUT2D eigenvalue weighted by Gasteiger charge is -2.19. The van der Waals surface area contributed by atoms with Crippen LogP contribution in [-0.2, 0) is 15.3 Å². The number of thiazole rings is 1. The number of sulfone groups is 1. The fourth-order valence-electron chi connectivity index (χ4n) is 4.43. The Bertz CT molecular complexity index is 1880. The van der Waals surface area contributed by atoms with E-state index in [4.69, 9.17) is 4.98 Å². The second-order valence-corrected chi connectivity index (χ2v) is 13.0. The SMILES string of the molecule is Cc1csc(C(=Cc2cccc(-c3cc(C(C)(C)C#N)cc4cccnc34)c2)c2ccc(S(C)(=O)=O)cc2)n1. The van der Waals surface area contributed by atoms with E-state index in [0.29, 0.717) is 0 Å². The molecule has 3 aromatic carbocycles. The molecule has 5 nitrogen and oxygen atoms in total. The van der Waals surface area contributed by atoms with Crippen LogP contribution < -0.4 is 0 Å². The molecule has 0 unspecified atom stereocenters. The van der Waals surface area contributed by atoms with Crippen LogP contribution >= 0.6 is 11.3 Å². The molecule has 0 aliphatic carbocycles. The summed E-state index contributed by atoms with van der Waals surface area (Å²) in [7, 11) is -3.29. The maximum absolute atomic E-state index is 12.0. The number of nitrogens with zero attached hydrogens (tertiary/aromatic N) is 3. The third kappa shape index (κ3) is 5.53. The van der Waals surface area contributed by atoms with Gasteiger partial charge in [-0.05, 0) is 85.5 Å². The van der Waals surface area contributed by atoms with Crippen molar-refractivity contribution < 1.29 is 8.42 Å². The third-order valence-corrected chi connectivity index (χ3v) is 8.78. The normalized spacial score (nSPS) is 12.4. The van der Waals surface area contributed by atoms with Gasteiger partial charge in [0.25, 0.3) is 0 Å². The molecule has 194 valence electrons. The molecule has 0 saturated carbocycles. The molecule has 5 rings (SSSR count). The molecule has 39 heavy (non-hydrogen) atoms. The molecule has 0 bridgehead atoms. The molecule has 0 atom stereocenters. The van der Waals surface area contributed by atoms with Gasteiger partial charge in [-0.15, -0.1) is 11.3 Å². The minimum Gasteiger partial charge on any atom is -0.256 e. The molecule has 2 heterocycles. The van der Waals surface area contributed by atoms with Crippen molar-refractivity contribution in [2.75, 3.05) is 6.26 Å². The Kier molecular flexibility index (Phi) is 6.94. The van der Waals surface area contributed by atoms with Gasteiger partial charge in [0.1, 0.15) is 5.01 Å². The highest BCUT2D eigenvalue weighted by molar-refractivity contribution is 7.90. The Labute approximate surface area is 233 Å². The predicted octanol–water partition coefficient (Wildman–Crippen LogP) is 7.46. The summed E-state index contributed by atoms with van der Waals surface area (Å²) < 4.78 is 24.0. The first-order valence-electron chi connectivity index (χ1n) is 12.4. The van der Waals surface area contributed by atoms with Crippen LogP contribution in [0, 0.1) is 18.3 Å². The first kappa shape index (κ1) is 26.5. The largest absolute Gasteiger partial charge is 0.256 e. The van der Waals surface area contributed by atoms with E-state index in [1.165, 1.54) is 6.26 Å². The maximum atomic E-state index is 12.0. The lowest BCUT2D eigenvalue weighted by molar-refractivity contribution is 0.602. The second kappa shape index (κ2) is 10.2. The fraction of sp³-hybridized carbons (Fsp3) is 0.156. The van der Waals surface area contributed by atoms with Crippen molar-refractivity contribution in [3.05, 3.63) is 112 Å². The van der Waals surface area contributed by atoms with Gasteiger partial charge in [0.15, 0.2) is 9.84 Å². The zero-order valence-corrected chi connectivity index (χ0v) is 23.8. The van der Waals surface area contributed by atoms with Crippen molar-refractivity contribution in [3.63, 3.8) is 0 Å². The number of rotatable bonds is 6. The highest BCUT2D eigenvalue weighted by atomic mass is 32.2. The zero-order valence-electron chi connectivity index (χ0n) is 22.1. The predicted molar refractivity (Wildman–Crippen MR) is 159 cm³/mol. The summed E-state index contributed by atoms with van der Waals surface area (Å²) in [4.78, 5) is 9.66. The first-order valence-corrected chi connectivity index (χ1v) is 15.2. The van der Waals surface area contributed by atoms with Crippen molar-refractivity contribution >= 4 is 43.7 Å². The average molecular weight is 550 g/mol. The molecule has 0 radical (unpaired) electrons. The Morgan fingerprint density at radius 2 is 1.79 bits per heavy atom. The highest BCUT2D eigenvalue weighted by Gasteiger charge is 2.22. The van der Waals surface area contributed by atoms with Crippen molar-refractivity contribution in [2.24, 2.45) is 0 Å². The molecule has 0 fully saturated rings. The number of benzene rings is 3. The van der Waals surface area contributed by atoms with Crippen molar-refractivity contribution in [1.82, 2.24) is 9.97 Å². The first-order chi connectivity index (χ1) is 18.5. The second-order valence-electron chi connectivity index (χ2n) is 10.1. The Balaban J connectivity index is 1.66. The molecule has 0 aliphatic rings. The van der Waals surface area contributed by atoms with E-state index in [1.54, 1.807) is 29.7 Å². The number of hydrogen-bond donors (Lipinski definition) is 0. The van der Waals surface area contributed by atoms with Crippen molar-refractivity contribution in [3.8, 4) is 17.2 Å². The zero-order chi connectivity index (χ0) is 27.8. The monoisotopic (exact) mass is 549 g/mol. The van der Waals surface area contributed by atoms with Crippen molar-refractivity contribution in [2.45, 2.75) is 31.1 Å². The summed E-state index contributed by atoms with van der Waals surface area (Å²) in [5.74, 6) is 0. The summed E-state index contributed by atoms with van der Waals surface area (Å²) in [6.07, 6.45) is 5.07. The van der Waals surface area contributed by atoms with Crippen LogP contribution in [0.3, 0.4) is 0 Å². The van der Waals surface area contributed by atoms with Gasteiger partial charge in [-0.1, -0.05) is 36.4 Å². The topological polar surface area (TPSA) is 83.7 Å². The van der Waals surface area contributed by atoms with E-state index in [1.807, 2.05) is 68.6 Å². The molecule has 0 amide bonds. The van der Waals surface area contributed by atoms with E-state index in [-0.39, 0.29) is 4.90 Å². The highest BCUT2D eigenvalue weighted by Crippen LogP contribution is 2.35. The molecule has 0 saturated heterocycles. The van der Waals surface area contributed by atoms with Gasteiger partial charge in [-0.2, -0.15) is 5.26 Å². The van der Waals surface area contributed by atoms with Gasteiger partial charge < -0.3 is 0 Å². The van der Waals surface area contributed by atoms with Crippen LogP contribution in [0.15, 0.2) is 89.3 Å². The van der Waals surface area contributed by atoms with Gasteiger partial charge in [-0.3, -0.25) is 4.98 Å². The molecule has 0 aliphatic heterocycles. The van der Waals surface area contributed by atoms with E-state index in [2.05, 4.69) is 35.3 Å². The molecule has 7 heteroatoms. The molecular weight excluding hydrogens is 523 g/mol. The van der Waals surface area contributed by atoms with Gasteiger partial charge in [0.2, 0.25) is 0 Å². The number of pyridine rings is 1. The van der Waals surface area contributed by atoms with Gasteiger partial charge in [0, 0.05) is 40.0 Å². The van der Waals surface area contributed by atoms with Crippen LogP contribution in [0.5, 0.6) is 0 Å². The fourth-order valence-corrected chi connectivity index (χ4v) is 5.89. The Morgan fingerprint density at radius 1 is 1.03 bits per heavy atom. The summed E-state index contributed by atoms with van der Waals surface area (Å²) in [5, 5.41) is 13.6. The van der Waals surface area contributed by atoms with Crippen LogP contribution in [0.2, 0.25) is 0 Å². The van der Waals surface area contributed by atoms with E-state index in [0.717, 1.165) is 55.0 Å². The summed E-state index contributed by atoms with van der Waals surface area (Å²) in [5.41, 5.74) is 6.81. The summed E-state index contributed by atoms with van der Waals surface area (Å²) >= 11 is 1.55. The molecule has 5 aromatic rings. The van der Waals surface area contributed by atoms with Gasteiger partial charge in [-0.25, -0.2) is 13.4 Å². The molecular formula is C32H27N3O2S2. The third-order valence-electron chi connectivity index (χ3n) is 6.66.